The fourth-order valence-corrected chi connectivity index (χ4v) is 6.50. The van der Waals surface area contributed by atoms with Crippen LogP contribution in [0, 0.1) is 35.5 Å². The van der Waals surface area contributed by atoms with Gasteiger partial charge in [0.05, 0.1) is 35.0 Å². The zero-order valence-electron chi connectivity index (χ0n) is 22.8. The van der Waals surface area contributed by atoms with Crippen molar-refractivity contribution in [3.05, 3.63) is 85.0 Å². The van der Waals surface area contributed by atoms with Gasteiger partial charge in [0.25, 0.3) is 0 Å². The van der Waals surface area contributed by atoms with E-state index < -0.39 is 71.1 Å². The standard InChI is InChI=1S/C32H26N2O8/c1-15(2)31(39)41-19-9-5-7-17(13-19)33-27(35)23-21-11-12-22(24(23)28(33)36)26-25(21)29(37)34(30(26)38)18-8-6-10-20(14-18)42-32(40)16(3)4/h5-14,21-26H,1,3H2,2,4H3. The molecule has 2 bridgehead atoms. The molecule has 0 radical (unpaired) electrons. The van der Waals surface area contributed by atoms with Gasteiger partial charge in [0.15, 0.2) is 0 Å². The molecule has 2 aliphatic heterocycles. The van der Waals surface area contributed by atoms with Gasteiger partial charge in [-0.15, -0.1) is 0 Å². The van der Waals surface area contributed by atoms with E-state index in [1.807, 2.05) is 0 Å². The molecule has 10 heteroatoms. The monoisotopic (exact) mass is 566 g/mol. The van der Waals surface area contributed by atoms with Crippen LogP contribution < -0.4 is 19.3 Å². The first kappa shape index (κ1) is 27.1. The fourth-order valence-electron chi connectivity index (χ4n) is 6.50. The highest BCUT2D eigenvalue weighted by Crippen LogP contribution is 2.58. The lowest BCUT2D eigenvalue weighted by Crippen LogP contribution is -2.50. The van der Waals surface area contributed by atoms with E-state index in [1.165, 1.54) is 38.1 Å². The van der Waals surface area contributed by atoms with Crippen LogP contribution in [0.1, 0.15) is 13.8 Å². The SMILES string of the molecule is C=C(C)C(=O)Oc1cccc(N2C(=O)C3C4C=CC(C3C2=O)C2C(=O)N(c3cccc(OC(=O)C(=C)C)c3)C(=O)C42)c1. The van der Waals surface area contributed by atoms with E-state index in [1.54, 1.807) is 36.4 Å². The lowest BCUT2D eigenvalue weighted by molar-refractivity contribution is -0.137. The van der Waals surface area contributed by atoms with Gasteiger partial charge in [-0.2, -0.15) is 0 Å². The van der Waals surface area contributed by atoms with Crippen LogP contribution in [-0.4, -0.2) is 35.6 Å². The van der Waals surface area contributed by atoms with Gasteiger partial charge in [-0.05, 0) is 38.1 Å². The predicted octanol–water partition coefficient (Wildman–Crippen LogP) is 3.38. The Bertz CT molecular complexity index is 1510. The molecule has 10 nitrogen and oxygen atoms in total. The molecule has 4 atom stereocenters. The molecule has 0 N–H and O–H groups in total. The molecule has 2 heterocycles. The first-order chi connectivity index (χ1) is 20.0. The minimum absolute atomic E-state index is 0.145. The van der Waals surface area contributed by atoms with Crippen molar-refractivity contribution in [3.8, 4) is 11.5 Å². The number of anilines is 2. The van der Waals surface area contributed by atoms with Crippen LogP contribution >= 0.6 is 0 Å². The Morgan fingerprint density at radius 1 is 0.619 bits per heavy atom. The van der Waals surface area contributed by atoms with Gasteiger partial charge in [-0.1, -0.05) is 37.4 Å². The zero-order valence-corrected chi connectivity index (χ0v) is 22.8. The van der Waals surface area contributed by atoms with Gasteiger partial charge >= 0.3 is 11.9 Å². The maximum Gasteiger partial charge on any atom is 0.338 e. The minimum atomic E-state index is -0.824. The maximum absolute atomic E-state index is 13.8. The van der Waals surface area contributed by atoms with Crippen LogP contribution in [0.2, 0.25) is 0 Å². The van der Waals surface area contributed by atoms with E-state index in [2.05, 4.69) is 13.2 Å². The molecule has 212 valence electrons. The van der Waals surface area contributed by atoms with Crippen molar-refractivity contribution < 1.29 is 38.2 Å². The first-order valence-corrected chi connectivity index (χ1v) is 13.4. The van der Waals surface area contributed by atoms with Crippen molar-refractivity contribution >= 4 is 46.9 Å². The van der Waals surface area contributed by atoms with Gasteiger partial charge in [-0.25, -0.2) is 19.4 Å². The molecule has 0 aromatic heterocycles. The molecule has 7 rings (SSSR count). The normalized spacial score (nSPS) is 27.2. The molecule has 2 saturated heterocycles. The van der Waals surface area contributed by atoms with E-state index in [9.17, 15) is 28.8 Å². The average molecular weight is 567 g/mol. The molecule has 42 heavy (non-hydrogen) atoms. The molecule has 3 aliphatic carbocycles. The summed E-state index contributed by atoms with van der Waals surface area (Å²) < 4.78 is 10.6. The number of esters is 2. The van der Waals surface area contributed by atoms with Crippen LogP contribution in [0.3, 0.4) is 0 Å². The van der Waals surface area contributed by atoms with Gasteiger partial charge < -0.3 is 9.47 Å². The summed E-state index contributed by atoms with van der Waals surface area (Å²) in [5.41, 5.74) is 0.849. The summed E-state index contributed by atoms with van der Waals surface area (Å²) in [6.45, 7) is 10.1. The zero-order chi connectivity index (χ0) is 30.0. The molecule has 2 aromatic rings. The molecule has 4 amide bonds. The van der Waals surface area contributed by atoms with Gasteiger partial charge in [0.1, 0.15) is 11.5 Å². The Morgan fingerprint density at radius 3 is 1.26 bits per heavy atom. The second kappa shape index (κ2) is 9.76. The number of amides is 4. The van der Waals surface area contributed by atoms with E-state index in [-0.39, 0.29) is 34.0 Å². The van der Waals surface area contributed by atoms with Crippen LogP contribution in [0.4, 0.5) is 11.4 Å². The van der Waals surface area contributed by atoms with Crippen molar-refractivity contribution in [2.75, 3.05) is 9.80 Å². The summed E-state index contributed by atoms with van der Waals surface area (Å²) in [6, 6.07) is 12.2. The van der Waals surface area contributed by atoms with Crippen LogP contribution in [0.25, 0.3) is 0 Å². The van der Waals surface area contributed by atoms with Crippen LogP contribution in [0.15, 0.2) is 85.0 Å². The largest absolute Gasteiger partial charge is 0.423 e. The molecule has 3 fully saturated rings. The lowest BCUT2D eigenvalue weighted by Gasteiger charge is -2.44. The fraction of sp³-hybridized carbons (Fsp3) is 0.250. The average Bonchev–Trinajstić information content (AvgIpc) is 3.40. The van der Waals surface area contributed by atoms with Crippen molar-refractivity contribution in [3.63, 3.8) is 0 Å². The minimum Gasteiger partial charge on any atom is -0.423 e. The quantitative estimate of drug-likeness (QED) is 0.171. The van der Waals surface area contributed by atoms with E-state index in [4.69, 9.17) is 9.47 Å². The van der Waals surface area contributed by atoms with Crippen LogP contribution in [0.5, 0.6) is 11.5 Å². The number of nitrogens with zero attached hydrogens (tertiary/aromatic N) is 2. The lowest BCUT2D eigenvalue weighted by atomic mass is 9.54. The summed E-state index contributed by atoms with van der Waals surface area (Å²) >= 11 is 0. The second-order valence-electron chi connectivity index (χ2n) is 11.0. The third kappa shape index (κ3) is 4.01. The first-order valence-electron chi connectivity index (χ1n) is 13.4. The van der Waals surface area contributed by atoms with Crippen LogP contribution in [-0.2, 0) is 28.8 Å². The number of carbonyl (C=O) groups excluding carboxylic acids is 6. The van der Waals surface area contributed by atoms with Crippen molar-refractivity contribution in [1.82, 2.24) is 0 Å². The smallest absolute Gasteiger partial charge is 0.338 e. The van der Waals surface area contributed by atoms with Crippen molar-refractivity contribution in [2.45, 2.75) is 13.8 Å². The number of allylic oxidation sites excluding steroid dienone is 2. The predicted molar refractivity (Wildman–Crippen MR) is 149 cm³/mol. The second-order valence-corrected chi connectivity index (χ2v) is 11.0. The van der Waals surface area contributed by atoms with Gasteiger partial charge in [-0.3, -0.25) is 19.2 Å². The maximum atomic E-state index is 13.8. The third-order valence-electron chi connectivity index (χ3n) is 8.28. The van der Waals surface area contributed by atoms with Crippen molar-refractivity contribution in [1.29, 1.82) is 0 Å². The number of rotatable bonds is 6. The number of hydrogen-bond acceptors (Lipinski definition) is 8. The summed E-state index contributed by atoms with van der Waals surface area (Å²) in [7, 11) is 0. The summed E-state index contributed by atoms with van der Waals surface area (Å²) in [5, 5.41) is 0. The van der Waals surface area contributed by atoms with E-state index in [0.717, 1.165) is 9.80 Å². The highest BCUT2D eigenvalue weighted by atomic mass is 16.5. The molecular formula is C32H26N2O8. The highest BCUT2D eigenvalue weighted by Gasteiger charge is 2.68. The van der Waals surface area contributed by atoms with Gasteiger partial charge in [0, 0.05) is 35.1 Å². The molecule has 2 aromatic carbocycles. The molecule has 5 aliphatic rings. The van der Waals surface area contributed by atoms with E-state index in [0.29, 0.717) is 0 Å². The molecule has 0 spiro atoms. The summed E-state index contributed by atoms with van der Waals surface area (Å²) in [4.78, 5) is 81.3. The molecule has 1 saturated carbocycles. The third-order valence-corrected chi connectivity index (χ3v) is 8.28. The molecule has 4 unspecified atom stereocenters. The Balaban J connectivity index is 1.30. The number of carbonyl (C=O) groups is 6. The Morgan fingerprint density at radius 2 is 0.952 bits per heavy atom. The summed E-state index contributed by atoms with van der Waals surface area (Å²) in [6.07, 6.45) is 3.54. The number of benzene rings is 2. The number of hydrogen-bond donors (Lipinski definition) is 0. The Kier molecular flexibility index (Phi) is 6.29. The van der Waals surface area contributed by atoms with Gasteiger partial charge in [0.2, 0.25) is 23.6 Å². The number of ether oxygens (including phenoxy) is 2. The topological polar surface area (TPSA) is 127 Å². The molecular weight excluding hydrogens is 540 g/mol. The summed E-state index contributed by atoms with van der Waals surface area (Å²) in [5.74, 6) is -7.52. The Labute approximate surface area is 240 Å². The van der Waals surface area contributed by atoms with E-state index >= 15 is 0 Å². The highest BCUT2D eigenvalue weighted by molar-refractivity contribution is 6.26. The van der Waals surface area contributed by atoms with Crippen molar-refractivity contribution in [2.24, 2.45) is 35.5 Å². The Hall–Kier alpha value is -5.12. The number of imide groups is 2.